The number of allylic oxidation sites excluding steroid dienone is 7. The molecule has 0 spiro atoms. The summed E-state index contributed by atoms with van der Waals surface area (Å²) in [4.78, 5) is 12.4. The highest BCUT2D eigenvalue weighted by Crippen LogP contribution is 2.16. The Balaban J connectivity index is 1.62. The lowest BCUT2D eigenvalue weighted by Gasteiger charge is -2.14. The molecule has 0 aliphatic carbocycles. The van der Waals surface area contributed by atoms with Gasteiger partial charge in [-0.15, -0.1) is 0 Å². The average Bonchev–Trinajstić information content (AvgIpc) is 3.31. The molecule has 5 heterocycles. The third-order valence-corrected chi connectivity index (χ3v) is 4.25. The molecule has 25 heavy (non-hydrogen) atoms. The Labute approximate surface area is 145 Å². The van der Waals surface area contributed by atoms with E-state index in [2.05, 4.69) is 80.3 Å². The number of nitrogens with one attached hydrogen (secondary N) is 2. The highest BCUT2D eigenvalue weighted by Gasteiger charge is 2.11. The molecule has 5 heteroatoms. The van der Waals surface area contributed by atoms with Crippen molar-refractivity contribution in [2.75, 3.05) is 6.67 Å². The first-order valence-electron chi connectivity index (χ1n) is 8.24. The molecule has 5 nitrogen and oxygen atoms in total. The molecule has 0 unspecified atom stereocenters. The Morgan fingerprint density at radius 3 is 2.72 bits per heavy atom. The van der Waals surface area contributed by atoms with Gasteiger partial charge in [-0.05, 0) is 48.6 Å². The predicted octanol–water partition coefficient (Wildman–Crippen LogP) is 1.37. The number of fused-ring (bicyclic) bond motifs is 7. The topological polar surface area (TPSA) is 46.7 Å². The summed E-state index contributed by atoms with van der Waals surface area (Å²) in [6.07, 6.45) is 22.7. The number of H-pyrrole nitrogens is 1. The van der Waals surface area contributed by atoms with E-state index < -0.39 is 0 Å². The smallest absolute Gasteiger partial charge is 0.0979 e. The SMILES string of the molecule is C1=CC2=CC3=NC(=CN4C=CN(C=c5ccc([nH]5)=CC(=C1)N2)C4)C=C3. The van der Waals surface area contributed by atoms with Crippen LogP contribution in [0.1, 0.15) is 0 Å². The van der Waals surface area contributed by atoms with Crippen LogP contribution in [0.5, 0.6) is 0 Å². The molecule has 4 aliphatic heterocycles. The second-order valence-electron chi connectivity index (χ2n) is 6.24. The van der Waals surface area contributed by atoms with E-state index in [0.29, 0.717) is 0 Å². The Kier molecular flexibility index (Phi) is 3.10. The molecule has 1 aromatic rings. The summed E-state index contributed by atoms with van der Waals surface area (Å²) in [5.41, 5.74) is 3.96. The minimum absolute atomic E-state index is 0.775. The first kappa shape index (κ1) is 13.9. The number of hydrogen-bond acceptors (Lipinski definition) is 4. The van der Waals surface area contributed by atoms with E-state index in [1.807, 2.05) is 24.3 Å². The molecule has 0 amide bonds. The molecule has 0 saturated carbocycles. The second kappa shape index (κ2) is 5.56. The Morgan fingerprint density at radius 2 is 1.76 bits per heavy atom. The van der Waals surface area contributed by atoms with Gasteiger partial charge in [0.1, 0.15) is 0 Å². The molecule has 0 saturated heterocycles. The van der Waals surface area contributed by atoms with Crippen molar-refractivity contribution < 1.29 is 0 Å². The molecule has 0 aromatic carbocycles. The summed E-state index contributed by atoms with van der Waals surface area (Å²) in [5, 5.41) is 5.56. The van der Waals surface area contributed by atoms with E-state index in [4.69, 9.17) is 0 Å². The zero-order valence-electron chi connectivity index (χ0n) is 13.6. The van der Waals surface area contributed by atoms with Gasteiger partial charge in [-0.1, -0.05) is 6.08 Å². The van der Waals surface area contributed by atoms with Crippen LogP contribution in [0.4, 0.5) is 0 Å². The van der Waals surface area contributed by atoms with Crippen molar-refractivity contribution in [1.29, 1.82) is 0 Å². The van der Waals surface area contributed by atoms with Gasteiger partial charge in [0.2, 0.25) is 0 Å². The Hall–Kier alpha value is -3.47. The first-order chi connectivity index (χ1) is 12.3. The number of hydrogen-bond donors (Lipinski definition) is 2. The van der Waals surface area contributed by atoms with Crippen molar-refractivity contribution >= 4 is 18.0 Å². The standard InChI is InChI=1S/C20H17N5/c1-2-15-10-17-4-6-19(22-17)12-24-8-9-25(14-24)13-20-7-5-18(23-20)11-16(3-1)21-15/h1-13,21-22H,14H2. The molecular weight excluding hydrogens is 310 g/mol. The second-order valence-corrected chi connectivity index (χ2v) is 6.24. The number of aromatic amines is 1. The number of nitrogens with zero attached hydrogens (tertiary/aromatic N) is 3. The number of rotatable bonds is 0. The van der Waals surface area contributed by atoms with Crippen LogP contribution in [0.25, 0.3) is 12.3 Å². The Bertz CT molecular complexity index is 1060. The quantitative estimate of drug-likeness (QED) is 0.757. The predicted molar refractivity (Wildman–Crippen MR) is 99.8 cm³/mol. The van der Waals surface area contributed by atoms with E-state index in [-0.39, 0.29) is 0 Å². The first-order valence-corrected chi connectivity index (χ1v) is 8.24. The molecule has 1 aromatic heterocycles. The van der Waals surface area contributed by atoms with Crippen LogP contribution in [0, 0.1) is 0 Å². The lowest BCUT2D eigenvalue weighted by molar-refractivity contribution is 0.411. The summed E-state index contributed by atoms with van der Waals surface area (Å²) in [6.45, 7) is 0.775. The van der Waals surface area contributed by atoms with E-state index in [1.54, 1.807) is 0 Å². The summed E-state index contributed by atoms with van der Waals surface area (Å²) >= 11 is 0. The maximum Gasteiger partial charge on any atom is 0.0979 e. The van der Waals surface area contributed by atoms with Gasteiger partial charge < -0.3 is 20.1 Å². The van der Waals surface area contributed by atoms with Crippen LogP contribution in [0.3, 0.4) is 0 Å². The van der Waals surface area contributed by atoms with Gasteiger partial charge in [-0.2, -0.15) is 0 Å². The molecule has 8 bridgehead atoms. The number of dihydropyridines is 1. The van der Waals surface area contributed by atoms with Crippen molar-refractivity contribution in [2.24, 2.45) is 4.99 Å². The summed E-state index contributed by atoms with van der Waals surface area (Å²) in [7, 11) is 0. The normalized spacial score (nSPS) is 20.3. The van der Waals surface area contributed by atoms with E-state index >= 15 is 0 Å². The fourth-order valence-corrected chi connectivity index (χ4v) is 3.11. The molecule has 5 rings (SSSR count). The van der Waals surface area contributed by atoms with Gasteiger partial charge in [0.25, 0.3) is 0 Å². The largest absolute Gasteiger partial charge is 0.355 e. The molecule has 4 aliphatic rings. The van der Waals surface area contributed by atoms with Gasteiger partial charge in [0.05, 0.1) is 23.4 Å². The third-order valence-electron chi connectivity index (χ3n) is 4.25. The maximum atomic E-state index is 4.67. The highest BCUT2D eigenvalue weighted by molar-refractivity contribution is 6.07. The highest BCUT2D eigenvalue weighted by atomic mass is 15.3. The van der Waals surface area contributed by atoms with Crippen LogP contribution >= 0.6 is 0 Å². The molecule has 122 valence electrons. The zero-order valence-corrected chi connectivity index (χ0v) is 13.6. The van der Waals surface area contributed by atoms with Crippen LogP contribution in [-0.4, -0.2) is 27.2 Å². The van der Waals surface area contributed by atoms with Crippen LogP contribution in [0.2, 0.25) is 0 Å². The fraction of sp³-hybridized carbons (Fsp3) is 0.0500. The summed E-state index contributed by atoms with van der Waals surface area (Å²) < 4.78 is 0. The lowest BCUT2D eigenvalue weighted by atomic mass is 10.2. The Morgan fingerprint density at radius 1 is 0.880 bits per heavy atom. The van der Waals surface area contributed by atoms with Crippen molar-refractivity contribution in [3.05, 3.63) is 95.0 Å². The molecule has 0 radical (unpaired) electrons. The zero-order chi connectivity index (χ0) is 16.6. The minimum Gasteiger partial charge on any atom is -0.355 e. The minimum atomic E-state index is 0.775. The lowest BCUT2D eigenvalue weighted by Crippen LogP contribution is -2.21. The molecular formula is C20H17N5. The molecule has 2 N–H and O–H groups in total. The van der Waals surface area contributed by atoms with Gasteiger partial charge >= 0.3 is 0 Å². The van der Waals surface area contributed by atoms with Crippen molar-refractivity contribution in [3.63, 3.8) is 0 Å². The van der Waals surface area contributed by atoms with E-state index in [1.165, 1.54) is 0 Å². The van der Waals surface area contributed by atoms with Crippen molar-refractivity contribution in [3.8, 4) is 0 Å². The van der Waals surface area contributed by atoms with Crippen LogP contribution in [-0.2, 0) is 0 Å². The monoisotopic (exact) mass is 327 g/mol. The van der Waals surface area contributed by atoms with Crippen molar-refractivity contribution in [2.45, 2.75) is 0 Å². The maximum absolute atomic E-state index is 4.67. The fourth-order valence-electron chi connectivity index (χ4n) is 3.11. The van der Waals surface area contributed by atoms with E-state index in [9.17, 15) is 0 Å². The van der Waals surface area contributed by atoms with Gasteiger partial charge in [0, 0.05) is 41.5 Å². The average molecular weight is 327 g/mol. The van der Waals surface area contributed by atoms with Gasteiger partial charge in [-0.3, -0.25) is 0 Å². The molecule has 0 atom stereocenters. The summed E-state index contributed by atoms with van der Waals surface area (Å²) in [5.74, 6) is 0. The van der Waals surface area contributed by atoms with Gasteiger partial charge in [-0.25, -0.2) is 4.99 Å². The van der Waals surface area contributed by atoms with Crippen LogP contribution in [0.15, 0.2) is 89.3 Å². The van der Waals surface area contributed by atoms with E-state index in [0.717, 1.165) is 40.2 Å². The summed E-state index contributed by atoms with van der Waals surface area (Å²) in [6, 6.07) is 4.17. The third kappa shape index (κ3) is 2.87. The molecule has 0 fully saturated rings. The number of aromatic nitrogens is 1. The van der Waals surface area contributed by atoms with Crippen molar-refractivity contribution in [1.82, 2.24) is 20.1 Å². The van der Waals surface area contributed by atoms with Crippen LogP contribution < -0.4 is 16.0 Å². The number of aliphatic imine (C=N–C) groups is 1. The van der Waals surface area contributed by atoms with Gasteiger partial charge in [0.15, 0.2) is 0 Å².